The molecule has 0 spiro atoms. The summed E-state index contributed by atoms with van der Waals surface area (Å²) in [5, 5.41) is 2.72. The molecule has 1 atom stereocenters. The van der Waals surface area contributed by atoms with E-state index in [0.29, 0.717) is 29.5 Å². The zero-order valence-electron chi connectivity index (χ0n) is 18.5. The van der Waals surface area contributed by atoms with Crippen molar-refractivity contribution < 1.29 is 14.3 Å². The molecule has 0 radical (unpaired) electrons. The summed E-state index contributed by atoms with van der Waals surface area (Å²) in [5.74, 6) is 0.569. The molecule has 2 aliphatic rings. The average molecular weight is 560 g/mol. The lowest BCUT2D eigenvalue weighted by atomic mass is 10.0. The quantitative estimate of drug-likeness (QED) is 0.358. The van der Waals surface area contributed by atoms with E-state index in [1.165, 1.54) is 4.88 Å². The van der Waals surface area contributed by atoms with Gasteiger partial charge in [-0.2, -0.15) is 0 Å². The van der Waals surface area contributed by atoms with Crippen LogP contribution in [0.2, 0.25) is 5.02 Å². The van der Waals surface area contributed by atoms with Crippen molar-refractivity contribution in [3.63, 3.8) is 0 Å². The van der Waals surface area contributed by atoms with Crippen LogP contribution in [0, 0.1) is 0 Å². The monoisotopic (exact) mass is 558 g/mol. The Morgan fingerprint density at radius 1 is 1.15 bits per heavy atom. The van der Waals surface area contributed by atoms with Crippen LogP contribution in [0.3, 0.4) is 0 Å². The Labute approximate surface area is 216 Å². The molecule has 2 aromatic carbocycles. The number of hydrogen-bond donors (Lipinski definition) is 0. The molecule has 3 aromatic rings. The van der Waals surface area contributed by atoms with Crippen molar-refractivity contribution >= 4 is 50.7 Å². The van der Waals surface area contributed by atoms with Gasteiger partial charge in [-0.15, -0.1) is 11.3 Å². The molecular weight excluding hydrogens is 536 g/mol. The number of carbonyl (C=O) groups excluding carboxylic acids is 2. The number of carbonyl (C=O) groups is 2. The molecule has 176 valence electrons. The first-order valence-corrected chi connectivity index (χ1v) is 13.4. The standard InChI is InChI=1S/C26H24BrClN2O3S/c27-18-3-1-2-17(14-18)26(32)30(20-6-7-20)15-25(31)29-12-10-24-22(11-13-34-24)23(29)16-33-21-8-4-19(28)5-9-21/h1-5,8-9,11,13-14,20,23H,6-7,10,12,15-16H2. The second-order valence-electron chi connectivity index (χ2n) is 8.59. The highest BCUT2D eigenvalue weighted by molar-refractivity contribution is 9.10. The second-order valence-corrected chi connectivity index (χ2v) is 10.9. The molecule has 5 nitrogen and oxygen atoms in total. The fourth-order valence-electron chi connectivity index (χ4n) is 4.36. The van der Waals surface area contributed by atoms with Crippen molar-refractivity contribution in [1.29, 1.82) is 0 Å². The van der Waals surface area contributed by atoms with Crippen LogP contribution in [0.25, 0.3) is 0 Å². The average Bonchev–Trinajstić information content (AvgIpc) is 3.57. The number of ether oxygens (including phenoxy) is 1. The van der Waals surface area contributed by atoms with E-state index in [1.807, 2.05) is 35.2 Å². The fourth-order valence-corrected chi connectivity index (χ4v) is 5.81. The number of halogens is 2. The third kappa shape index (κ3) is 5.16. The molecule has 5 rings (SSSR count). The lowest BCUT2D eigenvalue weighted by Crippen LogP contribution is -2.48. The van der Waals surface area contributed by atoms with Crippen molar-refractivity contribution in [2.45, 2.75) is 31.3 Å². The molecule has 1 saturated carbocycles. The molecule has 2 heterocycles. The minimum absolute atomic E-state index is 0.0446. The Morgan fingerprint density at radius 2 is 1.94 bits per heavy atom. The fraction of sp³-hybridized carbons (Fsp3) is 0.308. The van der Waals surface area contributed by atoms with E-state index >= 15 is 0 Å². The number of amides is 2. The van der Waals surface area contributed by atoms with Crippen molar-refractivity contribution in [3.8, 4) is 5.75 Å². The van der Waals surface area contributed by atoms with Crippen LogP contribution >= 0.6 is 38.9 Å². The van der Waals surface area contributed by atoms with Crippen LogP contribution in [0.5, 0.6) is 5.75 Å². The number of benzene rings is 2. The minimum Gasteiger partial charge on any atom is -0.491 e. The van der Waals surface area contributed by atoms with Crippen molar-refractivity contribution in [1.82, 2.24) is 9.80 Å². The molecule has 1 aliphatic carbocycles. The minimum atomic E-state index is -0.194. The summed E-state index contributed by atoms with van der Waals surface area (Å²) >= 11 is 11.2. The summed E-state index contributed by atoms with van der Waals surface area (Å²) in [5.41, 5.74) is 1.73. The van der Waals surface area contributed by atoms with E-state index in [4.69, 9.17) is 16.3 Å². The molecule has 1 unspecified atom stereocenters. The molecule has 8 heteroatoms. The highest BCUT2D eigenvalue weighted by atomic mass is 79.9. The van der Waals surface area contributed by atoms with Crippen LogP contribution in [-0.4, -0.2) is 47.4 Å². The zero-order chi connectivity index (χ0) is 23.7. The van der Waals surface area contributed by atoms with E-state index in [-0.39, 0.29) is 30.4 Å². The van der Waals surface area contributed by atoms with Gasteiger partial charge in [0.25, 0.3) is 5.91 Å². The summed E-state index contributed by atoms with van der Waals surface area (Å²) in [4.78, 5) is 31.8. The Bertz CT molecular complexity index is 1190. The van der Waals surface area contributed by atoms with Crippen LogP contribution < -0.4 is 4.74 Å². The third-order valence-electron chi connectivity index (χ3n) is 6.26. The third-order valence-corrected chi connectivity index (χ3v) is 8.00. The van der Waals surface area contributed by atoms with Gasteiger partial charge in [-0.25, -0.2) is 0 Å². The lowest BCUT2D eigenvalue weighted by molar-refractivity contribution is -0.135. The molecule has 2 amide bonds. The van der Waals surface area contributed by atoms with Crippen molar-refractivity contribution in [2.75, 3.05) is 19.7 Å². The summed E-state index contributed by atoms with van der Waals surface area (Å²) in [7, 11) is 0. The van der Waals surface area contributed by atoms with Crippen LogP contribution in [0.1, 0.15) is 39.7 Å². The maximum absolute atomic E-state index is 13.6. The molecule has 0 saturated heterocycles. The predicted molar refractivity (Wildman–Crippen MR) is 138 cm³/mol. The molecular formula is C26H24BrClN2O3S. The molecule has 0 N–H and O–H groups in total. The zero-order valence-corrected chi connectivity index (χ0v) is 21.6. The highest BCUT2D eigenvalue weighted by Crippen LogP contribution is 2.35. The van der Waals surface area contributed by atoms with E-state index in [2.05, 4.69) is 27.4 Å². The first-order chi connectivity index (χ1) is 16.5. The molecule has 0 bridgehead atoms. The Hall–Kier alpha value is -2.35. The lowest BCUT2D eigenvalue weighted by Gasteiger charge is -2.37. The number of rotatable bonds is 7. The van der Waals surface area contributed by atoms with Crippen molar-refractivity contribution in [3.05, 3.63) is 85.5 Å². The number of nitrogens with zero attached hydrogens (tertiary/aromatic N) is 2. The first-order valence-electron chi connectivity index (χ1n) is 11.3. The summed E-state index contributed by atoms with van der Waals surface area (Å²) in [6, 6.07) is 16.6. The smallest absolute Gasteiger partial charge is 0.254 e. The van der Waals surface area contributed by atoms with Gasteiger partial charge in [0.2, 0.25) is 5.91 Å². The van der Waals surface area contributed by atoms with Gasteiger partial charge >= 0.3 is 0 Å². The largest absolute Gasteiger partial charge is 0.491 e. The highest BCUT2D eigenvalue weighted by Gasteiger charge is 2.38. The molecule has 1 aromatic heterocycles. The SMILES string of the molecule is O=C(c1cccc(Br)c1)N(CC(=O)N1CCc2sccc2C1COc1ccc(Cl)cc1)C1CC1. The predicted octanol–water partition coefficient (Wildman–Crippen LogP) is 5.97. The summed E-state index contributed by atoms with van der Waals surface area (Å²) in [6.07, 6.45) is 2.69. The first kappa shape index (κ1) is 23.4. The second kappa shape index (κ2) is 10.1. The van der Waals surface area contributed by atoms with Gasteiger partial charge < -0.3 is 14.5 Å². The Kier molecular flexibility index (Phi) is 6.95. The maximum Gasteiger partial charge on any atom is 0.254 e. The van der Waals surface area contributed by atoms with E-state index in [1.54, 1.807) is 34.4 Å². The van der Waals surface area contributed by atoms with Gasteiger partial charge in [-0.3, -0.25) is 9.59 Å². The topological polar surface area (TPSA) is 49.9 Å². The van der Waals surface area contributed by atoms with Gasteiger partial charge in [0.05, 0.1) is 6.04 Å². The van der Waals surface area contributed by atoms with Gasteiger partial charge in [0.1, 0.15) is 18.9 Å². The molecule has 1 aliphatic heterocycles. The number of fused-ring (bicyclic) bond motifs is 1. The normalized spacial score (nSPS) is 17.2. The van der Waals surface area contributed by atoms with Crippen LogP contribution in [0.4, 0.5) is 0 Å². The van der Waals surface area contributed by atoms with Gasteiger partial charge in [-0.1, -0.05) is 33.6 Å². The number of hydrogen-bond acceptors (Lipinski definition) is 4. The van der Waals surface area contributed by atoms with E-state index < -0.39 is 0 Å². The maximum atomic E-state index is 13.6. The van der Waals surface area contributed by atoms with Gasteiger partial charge in [0, 0.05) is 32.5 Å². The van der Waals surface area contributed by atoms with Crippen LogP contribution in [0.15, 0.2) is 64.5 Å². The van der Waals surface area contributed by atoms with Gasteiger partial charge in [-0.05, 0) is 78.7 Å². The van der Waals surface area contributed by atoms with Crippen molar-refractivity contribution in [2.24, 2.45) is 0 Å². The molecule has 1 fully saturated rings. The van der Waals surface area contributed by atoms with E-state index in [0.717, 1.165) is 29.3 Å². The summed E-state index contributed by atoms with van der Waals surface area (Å²) < 4.78 is 6.92. The molecule has 34 heavy (non-hydrogen) atoms. The Balaban J connectivity index is 1.34. The summed E-state index contributed by atoms with van der Waals surface area (Å²) in [6.45, 7) is 1.04. The van der Waals surface area contributed by atoms with E-state index in [9.17, 15) is 9.59 Å². The van der Waals surface area contributed by atoms with Crippen LogP contribution in [-0.2, 0) is 11.2 Å². The van der Waals surface area contributed by atoms with Gasteiger partial charge in [0.15, 0.2) is 0 Å². The Morgan fingerprint density at radius 3 is 2.68 bits per heavy atom. The number of thiophene rings is 1.